The van der Waals surface area contributed by atoms with Crippen LogP contribution in [0.25, 0.3) is 11.0 Å². The first-order valence-electron chi connectivity index (χ1n) is 12.5. The fourth-order valence-corrected chi connectivity index (χ4v) is 5.68. The quantitative estimate of drug-likeness (QED) is 0.254. The lowest BCUT2D eigenvalue weighted by Gasteiger charge is -2.31. The Morgan fingerprint density at radius 3 is 2.74 bits per heavy atom. The summed E-state index contributed by atoms with van der Waals surface area (Å²) >= 11 is 7.32. The van der Waals surface area contributed by atoms with Crippen molar-refractivity contribution in [2.24, 2.45) is 0 Å². The van der Waals surface area contributed by atoms with E-state index in [-0.39, 0.29) is 5.97 Å². The molecule has 5 rings (SSSR count). The lowest BCUT2D eigenvalue weighted by atomic mass is 9.93. The maximum Gasteiger partial charge on any atom is 0.337 e. The van der Waals surface area contributed by atoms with Crippen molar-refractivity contribution in [1.82, 2.24) is 24.4 Å². The van der Waals surface area contributed by atoms with Crippen molar-refractivity contribution in [1.29, 1.82) is 0 Å². The van der Waals surface area contributed by atoms with Crippen LogP contribution in [-0.2, 0) is 29.2 Å². The number of benzene rings is 1. The average molecular weight is 556 g/mol. The van der Waals surface area contributed by atoms with Gasteiger partial charge in [0, 0.05) is 37.5 Å². The van der Waals surface area contributed by atoms with Gasteiger partial charge in [-0.2, -0.15) is 0 Å². The van der Waals surface area contributed by atoms with Gasteiger partial charge in [-0.15, -0.1) is 11.3 Å². The van der Waals surface area contributed by atoms with Crippen molar-refractivity contribution >= 4 is 39.9 Å². The molecular weight excluding hydrogens is 526 g/mol. The fraction of sp³-hybridized carbons (Fsp3) is 0.407. The maximum absolute atomic E-state index is 12.1. The van der Waals surface area contributed by atoms with Crippen LogP contribution in [0.4, 0.5) is 0 Å². The molecule has 0 N–H and O–H groups in total. The van der Waals surface area contributed by atoms with E-state index in [0.29, 0.717) is 41.6 Å². The Morgan fingerprint density at radius 2 is 2.00 bits per heavy atom. The van der Waals surface area contributed by atoms with Gasteiger partial charge in [0.05, 0.1) is 41.7 Å². The summed E-state index contributed by atoms with van der Waals surface area (Å²) in [6.45, 7) is 4.24. The summed E-state index contributed by atoms with van der Waals surface area (Å²) in [5.41, 5.74) is 3.35. The van der Waals surface area contributed by atoms with Crippen LogP contribution >= 0.6 is 22.9 Å². The fourth-order valence-electron chi connectivity index (χ4n) is 4.79. The molecule has 0 unspecified atom stereocenters. The number of methoxy groups -OCH3 is 2. The first-order valence-corrected chi connectivity index (χ1v) is 13.7. The van der Waals surface area contributed by atoms with E-state index >= 15 is 0 Å². The number of nitrogens with zero attached hydrogens (tertiary/aromatic N) is 5. The van der Waals surface area contributed by atoms with Crippen LogP contribution in [0.15, 0.2) is 42.6 Å². The van der Waals surface area contributed by atoms with Crippen LogP contribution in [0.1, 0.15) is 45.5 Å². The summed E-state index contributed by atoms with van der Waals surface area (Å²) in [5.74, 6) is 1.61. The number of imidazole rings is 1. The molecule has 38 heavy (non-hydrogen) atoms. The van der Waals surface area contributed by atoms with E-state index in [1.54, 1.807) is 19.4 Å². The molecule has 1 aliphatic rings. The number of hydrogen-bond donors (Lipinski definition) is 0. The monoisotopic (exact) mass is 555 g/mol. The van der Waals surface area contributed by atoms with Crippen molar-refractivity contribution in [2.75, 3.05) is 33.9 Å². The molecule has 1 aromatic carbocycles. The number of aromatic nitrogens is 4. The zero-order valence-corrected chi connectivity index (χ0v) is 23.0. The SMILES string of the molecule is COCCn1c(CN2CCC(c3cccc(OCc4cnc(Cl)s4)n3)CC2)nc2ccc(C(=O)OC)cc21. The van der Waals surface area contributed by atoms with Crippen molar-refractivity contribution in [2.45, 2.75) is 38.5 Å². The molecule has 0 spiro atoms. The van der Waals surface area contributed by atoms with Crippen LogP contribution in [0.2, 0.25) is 4.47 Å². The van der Waals surface area contributed by atoms with Crippen molar-refractivity contribution in [3.63, 3.8) is 0 Å². The molecule has 200 valence electrons. The van der Waals surface area contributed by atoms with Gasteiger partial charge in [-0.05, 0) is 50.2 Å². The number of thiazole rings is 1. The highest BCUT2D eigenvalue weighted by atomic mass is 35.5. The van der Waals surface area contributed by atoms with E-state index in [1.807, 2.05) is 24.3 Å². The van der Waals surface area contributed by atoms with Crippen LogP contribution in [0.3, 0.4) is 0 Å². The summed E-state index contributed by atoms with van der Waals surface area (Å²) in [7, 11) is 3.08. The lowest BCUT2D eigenvalue weighted by molar-refractivity contribution is 0.0601. The van der Waals surface area contributed by atoms with Crippen molar-refractivity contribution < 1.29 is 19.0 Å². The number of hydrogen-bond acceptors (Lipinski definition) is 9. The summed E-state index contributed by atoms with van der Waals surface area (Å²) < 4.78 is 18.8. The lowest BCUT2D eigenvalue weighted by Crippen LogP contribution is -2.33. The highest BCUT2D eigenvalue weighted by molar-refractivity contribution is 7.15. The van der Waals surface area contributed by atoms with Crippen LogP contribution in [0, 0.1) is 0 Å². The number of carbonyl (C=O) groups is 1. The predicted octanol–water partition coefficient (Wildman–Crippen LogP) is 4.93. The minimum Gasteiger partial charge on any atom is -0.472 e. The first-order chi connectivity index (χ1) is 18.5. The number of carbonyl (C=O) groups excluding carboxylic acids is 1. The first kappa shape index (κ1) is 26.6. The third-order valence-electron chi connectivity index (χ3n) is 6.77. The summed E-state index contributed by atoms with van der Waals surface area (Å²) in [6.07, 6.45) is 3.74. The molecule has 9 nitrogen and oxygen atoms in total. The largest absolute Gasteiger partial charge is 0.472 e. The van der Waals surface area contributed by atoms with Gasteiger partial charge < -0.3 is 18.8 Å². The number of piperidine rings is 1. The molecule has 11 heteroatoms. The van der Waals surface area contributed by atoms with E-state index in [1.165, 1.54) is 18.4 Å². The standard InChI is InChI=1S/C27H30ClN5O4S/c1-35-13-12-33-23-14-19(26(34)36-2)6-7-22(23)30-24(33)16-32-10-8-18(9-11-32)21-4-3-5-25(31-21)37-17-20-15-29-27(28)38-20/h3-7,14-15,18H,8-13,16-17H2,1-2H3. The van der Waals surface area contributed by atoms with Gasteiger partial charge in [-0.3, -0.25) is 4.90 Å². The molecule has 1 fully saturated rings. The number of esters is 1. The Balaban J connectivity index is 1.24. The summed E-state index contributed by atoms with van der Waals surface area (Å²) in [6, 6.07) is 11.5. The molecule has 1 saturated heterocycles. The maximum atomic E-state index is 12.1. The summed E-state index contributed by atoms with van der Waals surface area (Å²) in [5, 5.41) is 0. The summed E-state index contributed by atoms with van der Waals surface area (Å²) in [4.78, 5) is 29.2. The van der Waals surface area contributed by atoms with E-state index in [0.717, 1.165) is 59.9 Å². The number of ether oxygens (including phenoxy) is 3. The van der Waals surface area contributed by atoms with Crippen molar-refractivity contribution in [3.8, 4) is 5.88 Å². The Bertz CT molecular complexity index is 1400. The molecule has 0 radical (unpaired) electrons. The molecule has 4 aromatic rings. The second kappa shape index (κ2) is 12.2. The predicted molar refractivity (Wildman–Crippen MR) is 146 cm³/mol. The Morgan fingerprint density at radius 1 is 1.16 bits per heavy atom. The van der Waals surface area contributed by atoms with E-state index < -0.39 is 0 Å². The van der Waals surface area contributed by atoms with Gasteiger partial charge in [0.25, 0.3) is 0 Å². The number of rotatable bonds is 10. The number of halogens is 1. The van der Waals surface area contributed by atoms with Crippen molar-refractivity contribution in [3.05, 3.63) is 69.0 Å². The van der Waals surface area contributed by atoms with Crippen LogP contribution in [0.5, 0.6) is 5.88 Å². The molecule has 4 heterocycles. The number of pyridine rings is 1. The van der Waals surface area contributed by atoms with Gasteiger partial charge in [0.1, 0.15) is 12.4 Å². The normalized spacial score (nSPS) is 14.7. The van der Waals surface area contributed by atoms with Gasteiger partial charge in [-0.1, -0.05) is 17.7 Å². The molecule has 0 bridgehead atoms. The smallest absolute Gasteiger partial charge is 0.337 e. The van der Waals surface area contributed by atoms with Gasteiger partial charge in [-0.25, -0.2) is 19.7 Å². The minimum atomic E-state index is -0.356. The van der Waals surface area contributed by atoms with Gasteiger partial charge in [0.2, 0.25) is 5.88 Å². The number of fused-ring (bicyclic) bond motifs is 1. The molecule has 3 aromatic heterocycles. The van der Waals surface area contributed by atoms with Gasteiger partial charge in [0.15, 0.2) is 4.47 Å². The molecule has 1 aliphatic heterocycles. The molecule has 0 aliphatic carbocycles. The number of likely N-dealkylation sites (tertiary alicyclic amines) is 1. The second-order valence-corrected chi connectivity index (χ2v) is 10.9. The van der Waals surface area contributed by atoms with Gasteiger partial charge >= 0.3 is 5.97 Å². The molecule has 0 saturated carbocycles. The highest BCUT2D eigenvalue weighted by Crippen LogP contribution is 2.29. The zero-order chi connectivity index (χ0) is 26.5. The zero-order valence-electron chi connectivity index (χ0n) is 21.4. The third-order valence-corrected chi connectivity index (χ3v) is 7.86. The Labute approximate surface area is 230 Å². The second-order valence-electron chi connectivity index (χ2n) is 9.19. The molecule has 0 amide bonds. The Kier molecular flexibility index (Phi) is 8.53. The topological polar surface area (TPSA) is 91.6 Å². The highest BCUT2D eigenvalue weighted by Gasteiger charge is 2.24. The Hall–Kier alpha value is -3.05. The molecule has 0 atom stereocenters. The minimum absolute atomic E-state index is 0.356. The van der Waals surface area contributed by atoms with Crippen LogP contribution in [-0.4, -0.2) is 64.3 Å². The van der Waals surface area contributed by atoms with E-state index in [9.17, 15) is 4.79 Å². The average Bonchev–Trinajstić information content (AvgIpc) is 3.52. The van der Waals surface area contributed by atoms with E-state index in [4.69, 9.17) is 35.8 Å². The van der Waals surface area contributed by atoms with E-state index in [2.05, 4.69) is 20.5 Å². The molecular formula is C27H30ClN5O4S. The third kappa shape index (κ3) is 6.15. The van der Waals surface area contributed by atoms with Crippen LogP contribution < -0.4 is 4.74 Å².